The van der Waals surface area contributed by atoms with Crippen molar-refractivity contribution in [1.29, 1.82) is 0 Å². The Hall–Kier alpha value is 0.741. The zero-order valence-corrected chi connectivity index (χ0v) is 13.5. The summed E-state index contributed by atoms with van der Waals surface area (Å²) < 4.78 is 0. The third-order valence-corrected chi connectivity index (χ3v) is 0.994. The third kappa shape index (κ3) is 72.6. The molecule has 0 aromatic carbocycles. The zero-order chi connectivity index (χ0) is 11.8. The molecule has 0 heterocycles. The van der Waals surface area contributed by atoms with Gasteiger partial charge >= 0.3 is 5.97 Å². The first-order chi connectivity index (χ1) is 6.60. The third-order valence-electron chi connectivity index (χ3n) is 0.994. The summed E-state index contributed by atoms with van der Waals surface area (Å²) in [7, 11) is 0. The van der Waals surface area contributed by atoms with Crippen LogP contribution in [0.3, 0.4) is 0 Å². The maximum absolute atomic E-state index is 9.87. The minimum Gasteiger partial charge on any atom is -0.481 e. The Morgan fingerprint density at radius 1 is 1.07 bits per heavy atom. The molecule has 0 atom stereocenters. The molecule has 0 aromatic rings. The summed E-state index contributed by atoms with van der Waals surface area (Å²) in [6, 6.07) is 0. The van der Waals surface area contributed by atoms with E-state index in [9.17, 15) is 4.79 Å². The summed E-state index contributed by atoms with van der Waals surface area (Å²) >= 11 is 0. The molecule has 0 unspecified atom stereocenters. The number of aliphatic carboxylic acids is 1. The van der Waals surface area contributed by atoms with Crippen molar-refractivity contribution in [2.75, 3.05) is 13.1 Å². The van der Waals surface area contributed by atoms with Crippen LogP contribution in [0.15, 0.2) is 0 Å². The van der Waals surface area contributed by atoms with Gasteiger partial charge in [0.1, 0.15) is 0 Å². The number of hydrogen-bond donors (Lipinski definition) is 3. The quantitative estimate of drug-likeness (QED) is 0.672. The van der Waals surface area contributed by atoms with Crippen LogP contribution in [-0.4, -0.2) is 24.2 Å². The van der Waals surface area contributed by atoms with Crippen LogP contribution >= 0.6 is 0 Å². The smallest absolute Gasteiger partial charge is 0.303 e. The Morgan fingerprint density at radius 2 is 1.40 bits per heavy atom. The van der Waals surface area contributed by atoms with Gasteiger partial charge in [0, 0.05) is 47.3 Å². The normalized spacial score (nSPS) is 7.27. The fourth-order valence-electron chi connectivity index (χ4n) is 0.526. The van der Waals surface area contributed by atoms with Crippen LogP contribution in [-0.2, 0) is 4.79 Å². The zero-order valence-electron chi connectivity index (χ0n) is 10.3. The molecular weight excluding hydrogens is 324 g/mol. The molecule has 0 aliphatic heterocycles. The summed E-state index contributed by atoms with van der Waals surface area (Å²) in [4.78, 5) is 9.87. The molecule has 0 saturated heterocycles. The van der Waals surface area contributed by atoms with Gasteiger partial charge in [-0.2, -0.15) is 0 Å². The molecule has 0 bridgehead atoms. The van der Waals surface area contributed by atoms with E-state index in [1.807, 2.05) is 13.8 Å². The van der Waals surface area contributed by atoms with Gasteiger partial charge in [0.15, 0.2) is 0 Å². The van der Waals surface area contributed by atoms with Crippen molar-refractivity contribution in [3.05, 3.63) is 0 Å². The molecule has 4 nitrogen and oxygen atoms in total. The standard InChI is InChI=1S/C6H12O2.2C2H7N.Nd/c1-2-3-4-5-6(7)8;2*1-2-3;/h2-5H2,1H3,(H,7,8);2*2-3H2,1H3;. The van der Waals surface area contributed by atoms with Gasteiger partial charge in [0.2, 0.25) is 0 Å². The fraction of sp³-hybridized carbons (Fsp3) is 0.900. The van der Waals surface area contributed by atoms with Gasteiger partial charge in [-0.25, -0.2) is 0 Å². The van der Waals surface area contributed by atoms with E-state index >= 15 is 0 Å². The Morgan fingerprint density at radius 3 is 1.60 bits per heavy atom. The molecule has 5 N–H and O–H groups in total. The summed E-state index contributed by atoms with van der Waals surface area (Å²) in [6.45, 7) is 7.36. The van der Waals surface area contributed by atoms with E-state index < -0.39 is 5.97 Å². The van der Waals surface area contributed by atoms with Crippen molar-refractivity contribution in [1.82, 2.24) is 0 Å². The van der Waals surface area contributed by atoms with Crippen molar-refractivity contribution in [2.45, 2.75) is 46.5 Å². The van der Waals surface area contributed by atoms with Gasteiger partial charge in [-0.05, 0) is 19.5 Å². The largest absolute Gasteiger partial charge is 0.481 e. The topological polar surface area (TPSA) is 89.3 Å². The Labute approximate surface area is 127 Å². The number of nitrogens with two attached hydrogens (primary N) is 2. The van der Waals surface area contributed by atoms with Gasteiger partial charge < -0.3 is 16.6 Å². The molecule has 15 heavy (non-hydrogen) atoms. The number of carbonyl (C=O) groups is 1. The predicted molar refractivity (Wildman–Crippen MR) is 61.2 cm³/mol. The summed E-state index contributed by atoms with van der Waals surface area (Å²) in [5.74, 6) is -0.682. The molecule has 5 heteroatoms. The van der Waals surface area contributed by atoms with Crippen LogP contribution in [0.25, 0.3) is 0 Å². The fourth-order valence-corrected chi connectivity index (χ4v) is 0.526. The van der Waals surface area contributed by atoms with Crippen LogP contribution in [0, 0.1) is 40.8 Å². The van der Waals surface area contributed by atoms with Crippen LogP contribution in [0.2, 0.25) is 0 Å². The SMILES string of the molecule is CCCCCC(=O)O.CCN.CCN.[Nd]. The monoisotopic (exact) mass is 348 g/mol. The molecule has 0 aromatic heterocycles. The molecule has 0 radical (unpaired) electrons. The average molecular weight is 351 g/mol. The second-order valence-electron chi connectivity index (χ2n) is 2.67. The number of rotatable bonds is 4. The molecule has 0 amide bonds. The van der Waals surface area contributed by atoms with Crippen LogP contribution < -0.4 is 11.5 Å². The molecule has 0 saturated carbocycles. The van der Waals surface area contributed by atoms with E-state index in [0.717, 1.165) is 32.4 Å². The van der Waals surface area contributed by atoms with Crippen molar-refractivity contribution < 1.29 is 50.7 Å². The number of carboxylic acid groups (broad SMARTS) is 1. The Kier molecular flexibility index (Phi) is 48.5. The average Bonchev–Trinajstić information content (AvgIpc) is 2.07. The first kappa shape index (κ1) is 24.8. The molecule has 0 spiro atoms. The summed E-state index contributed by atoms with van der Waals surface area (Å²) in [6.07, 6.45) is 3.28. The minimum atomic E-state index is -0.682. The molecular formula is C10H26N2NdO2. The van der Waals surface area contributed by atoms with E-state index in [4.69, 9.17) is 16.6 Å². The van der Waals surface area contributed by atoms with Crippen molar-refractivity contribution in [3.63, 3.8) is 0 Å². The van der Waals surface area contributed by atoms with E-state index in [1.165, 1.54) is 0 Å². The molecule has 0 aliphatic carbocycles. The molecule has 0 rings (SSSR count). The van der Waals surface area contributed by atoms with Gasteiger partial charge in [-0.1, -0.05) is 33.6 Å². The van der Waals surface area contributed by atoms with Crippen LogP contribution in [0.1, 0.15) is 46.5 Å². The second kappa shape index (κ2) is 29.3. The maximum Gasteiger partial charge on any atom is 0.303 e. The van der Waals surface area contributed by atoms with Crippen LogP contribution in [0.5, 0.6) is 0 Å². The van der Waals surface area contributed by atoms with Crippen LogP contribution in [0.4, 0.5) is 0 Å². The molecule has 0 fully saturated rings. The summed E-state index contributed by atoms with van der Waals surface area (Å²) in [5.41, 5.74) is 9.69. The first-order valence-electron chi connectivity index (χ1n) is 5.22. The second-order valence-corrected chi connectivity index (χ2v) is 2.67. The molecule has 0 aliphatic rings. The van der Waals surface area contributed by atoms with E-state index in [-0.39, 0.29) is 40.8 Å². The van der Waals surface area contributed by atoms with E-state index in [2.05, 4.69) is 6.92 Å². The van der Waals surface area contributed by atoms with Crippen molar-refractivity contribution >= 4 is 5.97 Å². The van der Waals surface area contributed by atoms with Gasteiger partial charge in [-0.3, -0.25) is 4.79 Å². The van der Waals surface area contributed by atoms with Gasteiger partial charge in [0.25, 0.3) is 0 Å². The summed E-state index contributed by atoms with van der Waals surface area (Å²) in [5, 5.41) is 8.14. The predicted octanol–water partition coefficient (Wildman–Crippen LogP) is 1.58. The first-order valence-corrected chi connectivity index (χ1v) is 5.22. The number of unbranched alkanes of at least 4 members (excludes halogenated alkanes) is 2. The van der Waals surface area contributed by atoms with Crippen molar-refractivity contribution in [2.24, 2.45) is 11.5 Å². The Balaban J connectivity index is -0.0000000733. The number of carboxylic acids is 1. The van der Waals surface area contributed by atoms with Crippen molar-refractivity contribution in [3.8, 4) is 0 Å². The minimum absolute atomic E-state index is 0. The maximum atomic E-state index is 9.87. The van der Waals surface area contributed by atoms with Gasteiger partial charge in [0.05, 0.1) is 0 Å². The number of hydrogen-bond acceptors (Lipinski definition) is 3. The van der Waals surface area contributed by atoms with E-state index in [1.54, 1.807) is 0 Å². The van der Waals surface area contributed by atoms with E-state index in [0.29, 0.717) is 6.42 Å². The molecule has 92 valence electrons. The van der Waals surface area contributed by atoms with Gasteiger partial charge in [-0.15, -0.1) is 0 Å². The Bertz CT molecular complexity index is 101.